The molecule has 1 amide bonds. The van der Waals surface area contributed by atoms with E-state index in [2.05, 4.69) is 25.5 Å². The van der Waals surface area contributed by atoms with Gasteiger partial charge in [0, 0.05) is 25.8 Å². The molecule has 10 heteroatoms. The number of aliphatic hydroxyl groups excluding tert-OH is 1. The fourth-order valence-corrected chi connectivity index (χ4v) is 3.97. The van der Waals surface area contributed by atoms with Crippen LogP contribution in [0.5, 0.6) is 0 Å². The number of halogens is 1. The van der Waals surface area contributed by atoms with Gasteiger partial charge in [-0.15, -0.1) is 0 Å². The number of pyridine rings is 2. The van der Waals surface area contributed by atoms with Crippen molar-refractivity contribution in [2.75, 3.05) is 41.3 Å². The molecular weight excluding hydrogens is 389 g/mol. The molecule has 9 nitrogen and oxygen atoms in total. The summed E-state index contributed by atoms with van der Waals surface area (Å²) in [5, 5.41) is 20.4. The molecule has 0 aliphatic carbocycles. The second kappa shape index (κ2) is 7.52. The van der Waals surface area contributed by atoms with Crippen LogP contribution in [-0.4, -0.2) is 69.6 Å². The Balaban J connectivity index is 1.32. The number of nitrogens with zero attached hydrogens (tertiary/aromatic N) is 5. The summed E-state index contributed by atoms with van der Waals surface area (Å²) < 4.78 is 13.6. The van der Waals surface area contributed by atoms with E-state index in [0.29, 0.717) is 48.8 Å². The second-order valence-electron chi connectivity index (χ2n) is 7.75. The lowest BCUT2D eigenvalue weighted by molar-refractivity contribution is 0.102. The van der Waals surface area contributed by atoms with Crippen LogP contribution in [0.4, 0.5) is 21.7 Å². The molecule has 0 bridgehead atoms. The number of β-amino-alcohol motifs (C(OH)–C–C–N with tert-alkyl or cyclic N) is 1. The number of aromatic amines is 1. The molecule has 0 spiro atoms. The number of H-pyrrole nitrogens is 1. The highest BCUT2D eigenvalue weighted by molar-refractivity contribution is 6.05. The predicted molar refractivity (Wildman–Crippen MR) is 111 cm³/mol. The zero-order chi connectivity index (χ0) is 20.7. The molecule has 0 aromatic carbocycles. The lowest BCUT2D eigenvalue weighted by atomic mass is 10.2. The summed E-state index contributed by atoms with van der Waals surface area (Å²) >= 11 is 0. The number of aromatic nitrogens is 4. The van der Waals surface area contributed by atoms with Gasteiger partial charge in [-0.25, -0.2) is 14.4 Å². The van der Waals surface area contributed by atoms with E-state index in [9.17, 15) is 14.3 Å². The van der Waals surface area contributed by atoms with Gasteiger partial charge in [0.05, 0.1) is 35.5 Å². The number of hydrogen-bond acceptors (Lipinski definition) is 7. The van der Waals surface area contributed by atoms with E-state index in [-0.39, 0.29) is 12.0 Å². The highest BCUT2D eigenvalue weighted by Gasteiger charge is 2.25. The third kappa shape index (κ3) is 3.54. The maximum atomic E-state index is 13.6. The summed E-state index contributed by atoms with van der Waals surface area (Å²) in [4.78, 5) is 25.2. The average molecular weight is 411 g/mol. The van der Waals surface area contributed by atoms with Crippen molar-refractivity contribution < 1.29 is 14.3 Å². The van der Waals surface area contributed by atoms with E-state index in [1.54, 1.807) is 24.4 Å². The van der Waals surface area contributed by atoms with E-state index >= 15 is 0 Å². The Hall–Kier alpha value is -3.27. The van der Waals surface area contributed by atoms with Crippen molar-refractivity contribution in [2.45, 2.75) is 25.1 Å². The van der Waals surface area contributed by atoms with Crippen molar-refractivity contribution >= 4 is 34.3 Å². The van der Waals surface area contributed by atoms with E-state index < -0.39 is 6.17 Å². The minimum absolute atomic E-state index is 0.299. The number of aliphatic hydroxyl groups is 1. The average Bonchev–Trinajstić information content (AvgIpc) is 3.47. The Morgan fingerprint density at radius 3 is 2.73 bits per heavy atom. The Morgan fingerprint density at radius 1 is 1.17 bits per heavy atom. The first kappa shape index (κ1) is 18.7. The number of fused-ring (bicyclic) bond motifs is 1. The van der Waals surface area contributed by atoms with Crippen molar-refractivity contribution in [3.63, 3.8) is 0 Å². The largest absolute Gasteiger partial charge is 0.391 e. The van der Waals surface area contributed by atoms with Crippen molar-refractivity contribution in [1.82, 2.24) is 20.2 Å². The zero-order valence-corrected chi connectivity index (χ0v) is 16.3. The molecule has 3 aromatic heterocycles. The molecule has 5 heterocycles. The third-order valence-electron chi connectivity index (χ3n) is 5.58. The van der Waals surface area contributed by atoms with Crippen LogP contribution in [0.15, 0.2) is 30.6 Å². The van der Waals surface area contributed by atoms with Crippen LogP contribution < -0.4 is 15.1 Å². The number of carbonyl (C=O) groups is 1. The number of anilines is 3. The molecule has 2 aliphatic heterocycles. The van der Waals surface area contributed by atoms with Crippen LogP contribution in [0.2, 0.25) is 0 Å². The molecule has 0 unspecified atom stereocenters. The molecule has 2 saturated heterocycles. The van der Waals surface area contributed by atoms with Gasteiger partial charge >= 0.3 is 0 Å². The first-order chi connectivity index (χ1) is 14.6. The highest BCUT2D eigenvalue weighted by atomic mass is 19.1. The summed E-state index contributed by atoms with van der Waals surface area (Å²) in [7, 11) is 0. The summed E-state index contributed by atoms with van der Waals surface area (Å²) in [6.45, 7) is 2.21. The lowest BCUT2D eigenvalue weighted by Crippen LogP contribution is -2.22. The van der Waals surface area contributed by atoms with Gasteiger partial charge in [0.15, 0.2) is 11.5 Å². The number of carbonyl (C=O) groups excluding carboxylic acids is 1. The predicted octanol–water partition coefficient (Wildman–Crippen LogP) is 1.72. The molecule has 3 aromatic rings. The summed E-state index contributed by atoms with van der Waals surface area (Å²) in [6.07, 6.45) is 3.10. The molecule has 0 saturated carbocycles. The number of rotatable bonds is 4. The maximum absolute atomic E-state index is 13.6. The van der Waals surface area contributed by atoms with Gasteiger partial charge in [-0.1, -0.05) is 0 Å². The fourth-order valence-electron chi connectivity index (χ4n) is 3.97. The minimum Gasteiger partial charge on any atom is -0.391 e. The quantitative estimate of drug-likeness (QED) is 0.600. The van der Waals surface area contributed by atoms with Crippen LogP contribution in [0.1, 0.15) is 23.2 Å². The first-order valence-electron chi connectivity index (χ1n) is 10.0. The van der Waals surface area contributed by atoms with Crippen molar-refractivity contribution in [1.29, 1.82) is 0 Å². The van der Waals surface area contributed by atoms with Gasteiger partial charge in [0.25, 0.3) is 5.91 Å². The number of nitrogens with one attached hydrogen (secondary N) is 2. The van der Waals surface area contributed by atoms with Gasteiger partial charge in [-0.3, -0.25) is 9.89 Å². The SMILES string of the molecule is O=C(Nc1cnc2[nH]nc(N3CC[C@H](F)C3)c2c1)c1ccc(N2CC[C@H](O)C2)nc1. The molecular formula is C20H22FN7O2. The molecule has 2 atom stereocenters. The van der Waals surface area contributed by atoms with Gasteiger partial charge in [-0.05, 0) is 31.0 Å². The van der Waals surface area contributed by atoms with E-state index in [1.165, 1.54) is 6.20 Å². The second-order valence-corrected chi connectivity index (χ2v) is 7.75. The van der Waals surface area contributed by atoms with Crippen LogP contribution in [-0.2, 0) is 0 Å². The maximum Gasteiger partial charge on any atom is 0.257 e. The van der Waals surface area contributed by atoms with Crippen LogP contribution in [0.3, 0.4) is 0 Å². The monoisotopic (exact) mass is 411 g/mol. The minimum atomic E-state index is -0.855. The summed E-state index contributed by atoms with van der Waals surface area (Å²) in [6, 6.07) is 5.28. The van der Waals surface area contributed by atoms with Crippen molar-refractivity contribution in [3.8, 4) is 0 Å². The summed E-state index contributed by atoms with van der Waals surface area (Å²) in [5.74, 6) is 1.09. The summed E-state index contributed by atoms with van der Waals surface area (Å²) in [5.41, 5.74) is 1.54. The Morgan fingerprint density at radius 2 is 2.03 bits per heavy atom. The molecule has 0 radical (unpaired) electrons. The Bertz CT molecular complexity index is 1070. The Kier molecular flexibility index (Phi) is 4.70. The Labute approximate surface area is 171 Å². The van der Waals surface area contributed by atoms with Crippen LogP contribution in [0, 0.1) is 0 Å². The van der Waals surface area contributed by atoms with Crippen molar-refractivity contribution in [2.24, 2.45) is 0 Å². The molecule has 30 heavy (non-hydrogen) atoms. The topological polar surface area (TPSA) is 110 Å². The van der Waals surface area contributed by atoms with E-state index in [4.69, 9.17) is 0 Å². The van der Waals surface area contributed by atoms with Gasteiger partial charge in [-0.2, -0.15) is 5.10 Å². The highest BCUT2D eigenvalue weighted by Crippen LogP contribution is 2.28. The smallest absolute Gasteiger partial charge is 0.257 e. The van der Waals surface area contributed by atoms with Gasteiger partial charge in [0.2, 0.25) is 0 Å². The lowest BCUT2D eigenvalue weighted by Gasteiger charge is -2.16. The van der Waals surface area contributed by atoms with E-state index in [1.807, 2.05) is 9.80 Å². The van der Waals surface area contributed by atoms with Gasteiger partial charge < -0.3 is 20.2 Å². The van der Waals surface area contributed by atoms with E-state index in [0.717, 1.165) is 24.2 Å². The first-order valence-corrected chi connectivity index (χ1v) is 10.0. The number of amides is 1. The molecule has 156 valence electrons. The zero-order valence-electron chi connectivity index (χ0n) is 16.3. The standard InChI is InChI=1S/C20H22FN7O2/c21-13-3-5-28(10-13)19-16-7-14(9-23-18(16)25-26-19)24-20(30)12-1-2-17(22-8-12)27-6-4-15(29)11-27/h1-2,7-9,13,15,29H,3-6,10-11H2,(H,24,30)(H,23,25,26)/t13-,15-/m0/s1. The molecule has 2 fully saturated rings. The van der Waals surface area contributed by atoms with Crippen LogP contribution in [0.25, 0.3) is 11.0 Å². The fraction of sp³-hybridized carbons (Fsp3) is 0.400. The molecule has 2 aliphatic rings. The molecule has 5 rings (SSSR count). The van der Waals surface area contributed by atoms with Crippen molar-refractivity contribution in [3.05, 3.63) is 36.2 Å². The molecule has 3 N–H and O–H groups in total. The van der Waals surface area contributed by atoms with Gasteiger partial charge in [0.1, 0.15) is 12.0 Å². The van der Waals surface area contributed by atoms with Crippen LogP contribution >= 0.6 is 0 Å². The third-order valence-corrected chi connectivity index (χ3v) is 5.58. The normalized spacial score (nSPS) is 21.5. The number of hydrogen-bond donors (Lipinski definition) is 3. The number of alkyl halides is 1.